The number of rotatable bonds is 3. The lowest BCUT2D eigenvalue weighted by Crippen LogP contribution is -2.29. The Morgan fingerprint density at radius 2 is 1.87 bits per heavy atom. The number of aryl methyl sites for hydroxylation is 2. The number of pyridine rings is 1. The summed E-state index contributed by atoms with van der Waals surface area (Å²) in [5.74, 6) is -2.82. The van der Waals surface area contributed by atoms with Crippen LogP contribution in [0.25, 0.3) is 11.3 Å². The first kappa shape index (κ1) is 20.8. The van der Waals surface area contributed by atoms with Gasteiger partial charge in [-0.15, -0.1) is 5.10 Å². The molecule has 3 aromatic heterocycles. The van der Waals surface area contributed by atoms with Crippen LogP contribution in [0.2, 0.25) is 0 Å². The molecule has 0 radical (unpaired) electrons. The van der Waals surface area contributed by atoms with Gasteiger partial charge in [0.2, 0.25) is 5.82 Å². The van der Waals surface area contributed by atoms with Crippen molar-refractivity contribution in [2.45, 2.75) is 31.4 Å². The maximum Gasteiger partial charge on any atom is 0.453 e. The van der Waals surface area contributed by atoms with Gasteiger partial charge in [-0.25, -0.2) is 4.68 Å². The minimum atomic E-state index is -4.79. The maximum absolute atomic E-state index is 12.9. The topological polar surface area (TPSA) is 90.5 Å². The van der Waals surface area contributed by atoms with Gasteiger partial charge in [0.15, 0.2) is 0 Å². The van der Waals surface area contributed by atoms with E-state index in [0.717, 1.165) is 24.0 Å². The van der Waals surface area contributed by atoms with E-state index in [1.54, 1.807) is 0 Å². The second-order valence-electron chi connectivity index (χ2n) is 6.80. The van der Waals surface area contributed by atoms with Crippen molar-refractivity contribution in [2.75, 3.05) is 0 Å². The summed E-state index contributed by atoms with van der Waals surface area (Å²) in [6.07, 6.45) is -7.98. The Bertz CT molecular complexity index is 1150. The molecule has 0 bridgehead atoms. The van der Waals surface area contributed by atoms with E-state index in [-0.39, 0.29) is 11.3 Å². The Morgan fingerprint density at radius 3 is 2.52 bits per heavy atom. The minimum Gasteiger partial charge on any atom is -0.341 e. The molecule has 1 amide bonds. The molecule has 1 aliphatic heterocycles. The molecule has 0 unspecified atom stereocenters. The van der Waals surface area contributed by atoms with E-state index in [0.29, 0.717) is 18.7 Å². The molecule has 4 rings (SSSR count). The molecule has 1 N–H and O–H groups in total. The number of nitrogens with zero attached hydrogens (tertiary/aromatic N) is 6. The van der Waals surface area contributed by atoms with Crippen LogP contribution in [0.3, 0.4) is 0 Å². The highest BCUT2D eigenvalue weighted by atomic mass is 19.4. The van der Waals surface area contributed by atoms with E-state index >= 15 is 0 Å². The van der Waals surface area contributed by atoms with Gasteiger partial charge in [-0.3, -0.25) is 14.5 Å². The first-order valence-corrected chi connectivity index (χ1v) is 8.84. The third kappa shape index (κ3) is 3.96. The zero-order chi connectivity index (χ0) is 22.6. The first-order chi connectivity index (χ1) is 14.4. The van der Waals surface area contributed by atoms with Crippen molar-refractivity contribution < 1.29 is 31.1 Å². The van der Waals surface area contributed by atoms with Crippen LogP contribution in [-0.4, -0.2) is 35.4 Å². The van der Waals surface area contributed by atoms with Crippen LogP contribution >= 0.6 is 0 Å². The number of halogens is 6. The van der Waals surface area contributed by atoms with Crippen LogP contribution < -0.4 is 5.32 Å². The lowest BCUT2D eigenvalue weighted by atomic mass is 10.1. The summed E-state index contributed by atoms with van der Waals surface area (Å²) in [6, 6.07) is 3.15. The molecule has 0 aliphatic carbocycles. The molecule has 1 atom stereocenters. The molecule has 14 heteroatoms. The average Bonchev–Trinajstić information content (AvgIpc) is 3.36. The van der Waals surface area contributed by atoms with Gasteiger partial charge < -0.3 is 5.32 Å². The number of nitrogens with one attached hydrogen (secondary N) is 1. The van der Waals surface area contributed by atoms with Gasteiger partial charge >= 0.3 is 12.4 Å². The number of hydrogen-bond acceptors (Lipinski definition) is 5. The summed E-state index contributed by atoms with van der Waals surface area (Å²) >= 11 is 0. The Balaban J connectivity index is 1.56. The van der Waals surface area contributed by atoms with Gasteiger partial charge in [-0.1, -0.05) is 0 Å². The fourth-order valence-electron chi connectivity index (χ4n) is 3.25. The highest BCUT2D eigenvalue weighted by Crippen LogP contribution is 2.33. The molecular formula is C17H13F6N7O. The van der Waals surface area contributed by atoms with Crippen molar-refractivity contribution in [2.24, 2.45) is 7.05 Å². The number of hydrogen-bond donors (Lipinski definition) is 1. The number of amides is 1. The summed E-state index contributed by atoms with van der Waals surface area (Å²) in [5, 5.41) is 10.0. The van der Waals surface area contributed by atoms with Crippen molar-refractivity contribution in [3.63, 3.8) is 0 Å². The summed E-state index contributed by atoms with van der Waals surface area (Å²) in [4.78, 5) is 19.0. The van der Waals surface area contributed by atoms with E-state index in [1.165, 1.54) is 16.8 Å². The molecule has 3 aromatic rings. The maximum atomic E-state index is 12.9. The lowest BCUT2D eigenvalue weighted by Gasteiger charge is -2.11. The second kappa shape index (κ2) is 7.06. The molecule has 4 heterocycles. The van der Waals surface area contributed by atoms with Gasteiger partial charge in [0.05, 0.1) is 17.4 Å². The molecule has 0 aromatic carbocycles. The second-order valence-corrected chi connectivity index (χ2v) is 6.80. The Labute approximate surface area is 169 Å². The molecule has 164 valence electrons. The molecule has 0 saturated carbocycles. The van der Waals surface area contributed by atoms with Crippen LogP contribution in [0.1, 0.15) is 40.3 Å². The van der Waals surface area contributed by atoms with E-state index in [4.69, 9.17) is 0 Å². The molecule has 31 heavy (non-hydrogen) atoms. The zero-order valence-corrected chi connectivity index (χ0v) is 15.7. The van der Waals surface area contributed by atoms with Crippen LogP contribution in [0, 0.1) is 0 Å². The Hall–Kier alpha value is -3.45. The lowest BCUT2D eigenvalue weighted by molar-refractivity contribution is -0.145. The number of fused-ring (bicyclic) bond motifs is 1. The van der Waals surface area contributed by atoms with Crippen LogP contribution in [0.15, 0.2) is 24.4 Å². The average molecular weight is 445 g/mol. The standard InChI is InChI=1S/C17H13F6N7O/c1-29-13(26-15(28-29)17(21,22)23)14(31)25-9-3-5-30-11(9)7-10(27-30)8-2-4-24-12(6-8)16(18,19)20/h2,4,6-7,9H,3,5H2,1H3,(H,25,31)/t9-/m0/s1. The summed E-state index contributed by atoms with van der Waals surface area (Å²) in [6.45, 7) is 0.365. The van der Waals surface area contributed by atoms with Crippen molar-refractivity contribution in [1.82, 2.24) is 34.8 Å². The monoisotopic (exact) mass is 445 g/mol. The number of carbonyl (C=O) groups excluding carboxylic acids is 1. The quantitative estimate of drug-likeness (QED) is 0.626. The zero-order valence-electron chi connectivity index (χ0n) is 15.7. The fourth-order valence-corrected chi connectivity index (χ4v) is 3.25. The smallest absolute Gasteiger partial charge is 0.341 e. The van der Waals surface area contributed by atoms with Crippen LogP contribution in [0.4, 0.5) is 26.3 Å². The highest BCUT2D eigenvalue weighted by Gasteiger charge is 2.38. The van der Waals surface area contributed by atoms with Gasteiger partial charge in [-0.2, -0.15) is 36.4 Å². The summed E-state index contributed by atoms with van der Waals surface area (Å²) < 4.78 is 79.2. The molecule has 0 saturated heterocycles. The van der Waals surface area contributed by atoms with Gasteiger partial charge in [-0.05, 0) is 24.6 Å². The SMILES string of the molecule is Cn1nc(C(F)(F)F)nc1C(=O)N[C@H]1CCn2nc(-c3ccnc(C(F)(F)F)c3)cc21. The van der Waals surface area contributed by atoms with E-state index < -0.39 is 41.6 Å². The predicted octanol–water partition coefficient (Wildman–Crippen LogP) is 2.99. The molecule has 0 spiro atoms. The highest BCUT2D eigenvalue weighted by molar-refractivity contribution is 5.91. The molecule has 8 nitrogen and oxygen atoms in total. The first-order valence-electron chi connectivity index (χ1n) is 8.84. The van der Waals surface area contributed by atoms with Crippen molar-refractivity contribution in [3.05, 3.63) is 47.4 Å². The van der Waals surface area contributed by atoms with Gasteiger partial charge in [0.25, 0.3) is 11.7 Å². The van der Waals surface area contributed by atoms with Crippen molar-refractivity contribution >= 4 is 5.91 Å². The summed E-state index contributed by atoms with van der Waals surface area (Å²) in [7, 11) is 1.16. The number of carbonyl (C=O) groups is 1. The Morgan fingerprint density at radius 1 is 1.13 bits per heavy atom. The minimum absolute atomic E-state index is 0.192. The molecular weight excluding hydrogens is 432 g/mol. The van der Waals surface area contributed by atoms with Gasteiger partial charge in [0, 0.05) is 25.4 Å². The van der Waals surface area contributed by atoms with E-state index in [2.05, 4.69) is 25.5 Å². The number of alkyl halides is 6. The van der Waals surface area contributed by atoms with E-state index in [1.807, 2.05) is 0 Å². The van der Waals surface area contributed by atoms with Crippen LogP contribution in [0.5, 0.6) is 0 Å². The largest absolute Gasteiger partial charge is 0.453 e. The normalized spacial score (nSPS) is 16.4. The van der Waals surface area contributed by atoms with E-state index in [9.17, 15) is 31.1 Å². The molecule has 0 fully saturated rings. The Kier molecular flexibility index (Phi) is 4.74. The molecule has 1 aliphatic rings. The van der Waals surface area contributed by atoms with Gasteiger partial charge in [0.1, 0.15) is 5.69 Å². The van der Waals surface area contributed by atoms with Crippen molar-refractivity contribution in [3.8, 4) is 11.3 Å². The summed E-state index contributed by atoms with van der Waals surface area (Å²) in [5.41, 5.74) is -0.116. The van der Waals surface area contributed by atoms with Crippen molar-refractivity contribution in [1.29, 1.82) is 0 Å². The third-order valence-corrected chi connectivity index (χ3v) is 4.67. The number of aromatic nitrogens is 6. The third-order valence-electron chi connectivity index (χ3n) is 4.67. The van der Waals surface area contributed by atoms with Crippen LogP contribution in [-0.2, 0) is 25.9 Å². The fraction of sp³-hybridized carbons (Fsp3) is 0.353. The predicted molar refractivity (Wildman–Crippen MR) is 91.3 cm³/mol.